The van der Waals surface area contributed by atoms with Gasteiger partial charge in [-0.15, -0.1) is 0 Å². The molecule has 6 heteroatoms. The van der Waals surface area contributed by atoms with Crippen LogP contribution in [-0.2, 0) is 23.9 Å². The number of hydrogen-bond donors (Lipinski definition) is 0. The van der Waals surface area contributed by atoms with Crippen LogP contribution < -0.4 is 4.74 Å². The van der Waals surface area contributed by atoms with Gasteiger partial charge in [0, 0.05) is 28.9 Å². The van der Waals surface area contributed by atoms with Crippen LogP contribution in [0.25, 0.3) is 0 Å². The van der Waals surface area contributed by atoms with Crippen molar-refractivity contribution in [2.24, 2.45) is 11.3 Å². The van der Waals surface area contributed by atoms with Crippen molar-refractivity contribution >= 4 is 17.7 Å². The quantitative estimate of drug-likeness (QED) is 0.569. The van der Waals surface area contributed by atoms with Crippen LogP contribution in [0.2, 0.25) is 0 Å². The minimum atomic E-state index is -1.26. The van der Waals surface area contributed by atoms with Gasteiger partial charge in [0.2, 0.25) is 0 Å². The molecule has 1 atom stereocenters. The van der Waals surface area contributed by atoms with Crippen LogP contribution in [0.3, 0.4) is 0 Å². The van der Waals surface area contributed by atoms with Gasteiger partial charge in [-0.2, -0.15) is 0 Å². The van der Waals surface area contributed by atoms with E-state index in [4.69, 9.17) is 14.2 Å². The minimum Gasteiger partial charge on any atom is -0.465 e. The van der Waals surface area contributed by atoms with Crippen molar-refractivity contribution in [1.29, 1.82) is 0 Å². The van der Waals surface area contributed by atoms with Gasteiger partial charge in [-0.3, -0.25) is 14.4 Å². The molecule has 1 heterocycles. The Morgan fingerprint density at radius 2 is 1.75 bits per heavy atom. The van der Waals surface area contributed by atoms with Gasteiger partial charge in [-0.05, 0) is 26.3 Å². The van der Waals surface area contributed by atoms with Gasteiger partial charge in [0.05, 0.1) is 13.2 Å². The normalized spacial score (nSPS) is 20.2. The molecule has 0 amide bonds. The molecule has 2 aliphatic rings. The second kappa shape index (κ2) is 7.78. The van der Waals surface area contributed by atoms with Crippen LogP contribution in [0.4, 0.5) is 0 Å². The van der Waals surface area contributed by atoms with Gasteiger partial charge >= 0.3 is 11.9 Å². The van der Waals surface area contributed by atoms with Crippen LogP contribution in [0.1, 0.15) is 52.0 Å². The topological polar surface area (TPSA) is 78.9 Å². The zero-order chi connectivity index (χ0) is 20.5. The Hall–Kier alpha value is -2.63. The maximum Gasteiger partial charge on any atom is 0.321 e. The SMILES string of the molecule is CCOC(=O)C(C(=O)OCC)C1C2=C(CCC(C)(C)C2=O)Oc2ccccc21. The number of ether oxygens (including phenoxy) is 3. The van der Waals surface area contributed by atoms with Gasteiger partial charge in [0.25, 0.3) is 0 Å². The van der Waals surface area contributed by atoms with Gasteiger partial charge in [-0.1, -0.05) is 32.0 Å². The molecule has 0 saturated carbocycles. The third kappa shape index (κ3) is 3.43. The molecular weight excluding hydrogens is 360 g/mol. The van der Waals surface area contributed by atoms with Crippen molar-refractivity contribution in [3.8, 4) is 5.75 Å². The number of Topliss-reactive ketones (excluding diaryl/α,β-unsaturated/α-hetero) is 1. The molecule has 1 aromatic rings. The summed E-state index contributed by atoms with van der Waals surface area (Å²) < 4.78 is 16.4. The first-order chi connectivity index (χ1) is 13.3. The number of fused-ring (bicyclic) bond motifs is 1. The first-order valence-corrected chi connectivity index (χ1v) is 9.69. The molecule has 1 aromatic carbocycles. The maximum absolute atomic E-state index is 13.3. The lowest BCUT2D eigenvalue weighted by Crippen LogP contribution is -2.42. The summed E-state index contributed by atoms with van der Waals surface area (Å²) in [5.74, 6) is -2.44. The van der Waals surface area contributed by atoms with Crippen molar-refractivity contribution in [1.82, 2.24) is 0 Å². The van der Waals surface area contributed by atoms with E-state index in [9.17, 15) is 14.4 Å². The molecular formula is C22H26O6. The van der Waals surface area contributed by atoms with Crippen molar-refractivity contribution in [2.45, 2.75) is 46.5 Å². The lowest BCUT2D eigenvalue weighted by atomic mass is 9.67. The van der Waals surface area contributed by atoms with Crippen LogP contribution in [0.15, 0.2) is 35.6 Å². The molecule has 6 nitrogen and oxygen atoms in total. The van der Waals surface area contributed by atoms with Gasteiger partial charge in [-0.25, -0.2) is 0 Å². The highest BCUT2D eigenvalue weighted by Gasteiger charge is 2.50. The molecule has 1 aliphatic heterocycles. The molecule has 0 radical (unpaired) electrons. The number of rotatable bonds is 5. The lowest BCUT2D eigenvalue weighted by Gasteiger charge is -2.39. The summed E-state index contributed by atoms with van der Waals surface area (Å²) in [6, 6.07) is 7.18. The van der Waals surface area contributed by atoms with Gasteiger partial charge in [0.1, 0.15) is 11.5 Å². The monoisotopic (exact) mass is 386 g/mol. The number of carbonyl (C=O) groups is 3. The number of benzene rings is 1. The summed E-state index contributed by atoms with van der Waals surface area (Å²) in [5.41, 5.74) is 0.417. The largest absolute Gasteiger partial charge is 0.465 e. The highest BCUT2D eigenvalue weighted by molar-refractivity contribution is 6.06. The smallest absolute Gasteiger partial charge is 0.321 e. The predicted molar refractivity (Wildman–Crippen MR) is 102 cm³/mol. The van der Waals surface area contributed by atoms with Crippen LogP contribution in [-0.4, -0.2) is 30.9 Å². The summed E-state index contributed by atoms with van der Waals surface area (Å²) in [7, 11) is 0. The highest BCUT2D eigenvalue weighted by atomic mass is 16.6. The molecule has 0 fully saturated rings. The second-order valence-electron chi connectivity index (χ2n) is 7.65. The fraction of sp³-hybridized carbons (Fsp3) is 0.500. The van der Waals surface area contributed by atoms with E-state index in [1.54, 1.807) is 32.0 Å². The van der Waals surface area contributed by atoms with Gasteiger partial charge in [0.15, 0.2) is 11.7 Å². The van der Waals surface area contributed by atoms with E-state index < -0.39 is 29.2 Å². The molecule has 0 bridgehead atoms. The number of allylic oxidation sites excluding steroid dienone is 2. The van der Waals surface area contributed by atoms with E-state index in [1.807, 2.05) is 19.9 Å². The fourth-order valence-electron chi connectivity index (χ4n) is 3.88. The summed E-state index contributed by atoms with van der Waals surface area (Å²) in [5, 5.41) is 0. The predicted octanol–water partition coefficient (Wildman–Crippen LogP) is 3.55. The summed E-state index contributed by atoms with van der Waals surface area (Å²) >= 11 is 0. The Kier molecular flexibility index (Phi) is 5.59. The number of carbonyl (C=O) groups excluding carboxylic acids is 3. The van der Waals surface area contributed by atoms with E-state index in [0.717, 1.165) is 0 Å². The molecule has 150 valence electrons. The van der Waals surface area contributed by atoms with Crippen LogP contribution in [0, 0.1) is 11.3 Å². The van der Waals surface area contributed by atoms with E-state index in [0.29, 0.717) is 35.5 Å². The molecule has 1 aliphatic carbocycles. The summed E-state index contributed by atoms with van der Waals surface area (Å²) in [4.78, 5) is 39.0. The lowest BCUT2D eigenvalue weighted by molar-refractivity contribution is -0.162. The van der Waals surface area contributed by atoms with Crippen molar-refractivity contribution in [3.63, 3.8) is 0 Å². The number of hydrogen-bond acceptors (Lipinski definition) is 6. The first kappa shape index (κ1) is 20.1. The molecule has 1 unspecified atom stereocenters. The highest BCUT2D eigenvalue weighted by Crippen LogP contribution is 2.50. The first-order valence-electron chi connectivity index (χ1n) is 9.69. The molecule has 0 spiro atoms. The Morgan fingerprint density at radius 1 is 1.14 bits per heavy atom. The zero-order valence-electron chi connectivity index (χ0n) is 16.7. The Bertz CT molecular complexity index is 817. The standard InChI is InChI=1S/C22H26O6/c1-5-26-20(24)18(21(25)27-6-2)16-13-9-7-8-10-14(13)28-15-11-12-22(3,4)19(23)17(15)16/h7-10,16,18H,5-6,11-12H2,1-4H3. The molecule has 0 saturated heterocycles. The number of para-hydroxylation sites is 1. The van der Waals surface area contributed by atoms with Crippen LogP contribution >= 0.6 is 0 Å². The van der Waals surface area contributed by atoms with E-state index in [2.05, 4.69) is 0 Å². The Morgan fingerprint density at radius 3 is 2.36 bits per heavy atom. The third-order valence-electron chi connectivity index (χ3n) is 5.35. The number of esters is 2. The molecule has 28 heavy (non-hydrogen) atoms. The van der Waals surface area contributed by atoms with Crippen molar-refractivity contribution < 1.29 is 28.6 Å². The molecule has 0 aromatic heterocycles. The fourth-order valence-corrected chi connectivity index (χ4v) is 3.88. The summed E-state index contributed by atoms with van der Waals surface area (Å²) in [6.07, 6.45) is 1.21. The second-order valence-corrected chi connectivity index (χ2v) is 7.65. The Balaban J connectivity index is 2.19. The molecule has 3 rings (SSSR count). The maximum atomic E-state index is 13.3. The average molecular weight is 386 g/mol. The third-order valence-corrected chi connectivity index (χ3v) is 5.35. The number of ketones is 1. The average Bonchev–Trinajstić information content (AvgIpc) is 2.65. The van der Waals surface area contributed by atoms with Crippen LogP contribution in [0.5, 0.6) is 5.75 Å². The van der Waals surface area contributed by atoms with Crippen molar-refractivity contribution in [3.05, 3.63) is 41.2 Å². The van der Waals surface area contributed by atoms with Gasteiger partial charge < -0.3 is 14.2 Å². The van der Waals surface area contributed by atoms with E-state index >= 15 is 0 Å². The van der Waals surface area contributed by atoms with E-state index in [-0.39, 0.29) is 19.0 Å². The zero-order valence-corrected chi connectivity index (χ0v) is 16.7. The minimum absolute atomic E-state index is 0.105. The van der Waals surface area contributed by atoms with Crippen molar-refractivity contribution in [2.75, 3.05) is 13.2 Å². The summed E-state index contributed by atoms with van der Waals surface area (Å²) in [6.45, 7) is 7.37. The Labute approximate surface area is 164 Å². The van der Waals surface area contributed by atoms with E-state index in [1.165, 1.54) is 0 Å². The molecule has 0 N–H and O–H groups in total.